The van der Waals surface area contributed by atoms with Crippen molar-refractivity contribution in [2.75, 3.05) is 39.3 Å². The number of hydrogen-bond acceptors (Lipinski definition) is 6. The molecule has 0 radical (unpaired) electrons. The van der Waals surface area contributed by atoms with E-state index in [0.717, 1.165) is 11.3 Å². The van der Waals surface area contributed by atoms with Gasteiger partial charge in [-0.25, -0.2) is 4.79 Å². The zero-order valence-corrected chi connectivity index (χ0v) is 16.8. The Morgan fingerprint density at radius 3 is 2.07 bits per heavy atom. The number of hydrogen-bond donors (Lipinski definition) is 1. The van der Waals surface area contributed by atoms with E-state index in [2.05, 4.69) is 0 Å². The summed E-state index contributed by atoms with van der Waals surface area (Å²) in [5, 5.41) is 0. The SMILES string of the molecule is CN(Cc1ccc(N(C)C)cc1)C(=O)COC(=O)c1ccc(OCC(N)=O)cc1. The summed E-state index contributed by atoms with van der Waals surface area (Å²) in [5.74, 6) is -1.12. The van der Waals surface area contributed by atoms with Gasteiger partial charge in [-0.05, 0) is 42.0 Å². The van der Waals surface area contributed by atoms with Gasteiger partial charge in [-0.15, -0.1) is 0 Å². The third kappa shape index (κ3) is 6.84. The maximum absolute atomic E-state index is 12.2. The van der Waals surface area contributed by atoms with Crippen LogP contribution in [0.25, 0.3) is 0 Å². The fourth-order valence-electron chi connectivity index (χ4n) is 2.42. The van der Waals surface area contributed by atoms with Crippen molar-refractivity contribution in [3.8, 4) is 5.75 Å². The standard InChI is InChI=1S/C21H25N3O5/c1-23(2)17-8-4-15(5-9-17)12-24(3)20(26)14-29-21(27)16-6-10-18(11-7-16)28-13-19(22)25/h4-11H,12-14H2,1-3H3,(H2,22,25). The minimum absolute atomic E-state index is 0.248. The van der Waals surface area contributed by atoms with E-state index in [1.165, 1.54) is 29.2 Å². The van der Waals surface area contributed by atoms with Crippen molar-refractivity contribution >= 4 is 23.5 Å². The zero-order chi connectivity index (χ0) is 21.4. The van der Waals surface area contributed by atoms with E-state index in [1.807, 2.05) is 43.3 Å². The highest BCUT2D eigenvalue weighted by atomic mass is 16.5. The van der Waals surface area contributed by atoms with Crippen molar-refractivity contribution in [2.24, 2.45) is 5.73 Å². The fourth-order valence-corrected chi connectivity index (χ4v) is 2.42. The van der Waals surface area contributed by atoms with E-state index in [1.54, 1.807) is 7.05 Å². The molecule has 0 heterocycles. The topological polar surface area (TPSA) is 102 Å². The molecule has 2 rings (SSSR count). The molecule has 0 atom stereocenters. The molecule has 8 heteroatoms. The van der Waals surface area contributed by atoms with Gasteiger partial charge in [-0.1, -0.05) is 12.1 Å². The first kappa shape index (κ1) is 21.7. The molecule has 0 bridgehead atoms. The number of ether oxygens (including phenoxy) is 2. The van der Waals surface area contributed by atoms with Gasteiger partial charge in [0.05, 0.1) is 5.56 Å². The van der Waals surface area contributed by atoms with Crippen LogP contribution in [0.1, 0.15) is 15.9 Å². The van der Waals surface area contributed by atoms with E-state index in [9.17, 15) is 14.4 Å². The molecule has 29 heavy (non-hydrogen) atoms. The van der Waals surface area contributed by atoms with Crippen molar-refractivity contribution in [1.29, 1.82) is 0 Å². The zero-order valence-electron chi connectivity index (χ0n) is 16.8. The molecule has 2 N–H and O–H groups in total. The van der Waals surface area contributed by atoms with Gasteiger partial charge in [0.25, 0.3) is 11.8 Å². The second kappa shape index (κ2) is 10.1. The summed E-state index contributed by atoms with van der Waals surface area (Å²) in [4.78, 5) is 38.5. The van der Waals surface area contributed by atoms with Gasteiger partial charge < -0.3 is 25.0 Å². The lowest BCUT2D eigenvalue weighted by Crippen LogP contribution is -2.30. The molecule has 8 nitrogen and oxygen atoms in total. The number of likely N-dealkylation sites (N-methyl/N-ethyl adjacent to an activating group) is 1. The Morgan fingerprint density at radius 2 is 1.52 bits per heavy atom. The molecule has 2 aromatic carbocycles. The molecule has 0 aromatic heterocycles. The van der Waals surface area contributed by atoms with Gasteiger partial charge in [-0.2, -0.15) is 0 Å². The van der Waals surface area contributed by atoms with Crippen LogP contribution in [0, 0.1) is 0 Å². The van der Waals surface area contributed by atoms with Gasteiger partial charge >= 0.3 is 5.97 Å². The molecule has 2 amide bonds. The van der Waals surface area contributed by atoms with Crippen LogP contribution in [0.4, 0.5) is 5.69 Å². The lowest BCUT2D eigenvalue weighted by atomic mass is 10.2. The third-order valence-corrected chi connectivity index (χ3v) is 4.10. The monoisotopic (exact) mass is 399 g/mol. The Labute approximate surface area is 169 Å². The van der Waals surface area contributed by atoms with E-state index in [-0.39, 0.29) is 24.7 Å². The predicted octanol–water partition coefficient (Wildman–Crippen LogP) is 1.43. The van der Waals surface area contributed by atoms with Crippen LogP contribution in [0.15, 0.2) is 48.5 Å². The van der Waals surface area contributed by atoms with Crippen LogP contribution in [0.5, 0.6) is 5.75 Å². The number of esters is 1. The lowest BCUT2D eigenvalue weighted by Gasteiger charge is -2.18. The number of benzene rings is 2. The molecule has 0 saturated heterocycles. The molecule has 0 spiro atoms. The summed E-state index contributed by atoms with van der Waals surface area (Å²) < 4.78 is 10.2. The average Bonchev–Trinajstić information content (AvgIpc) is 2.70. The fraction of sp³-hybridized carbons (Fsp3) is 0.286. The van der Waals surface area contributed by atoms with Gasteiger partial charge in [0.15, 0.2) is 13.2 Å². The molecular weight excluding hydrogens is 374 g/mol. The lowest BCUT2D eigenvalue weighted by molar-refractivity contribution is -0.133. The molecule has 0 unspecified atom stereocenters. The van der Waals surface area contributed by atoms with Gasteiger partial charge in [0, 0.05) is 33.4 Å². The Morgan fingerprint density at radius 1 is 0.897 bits per heavy atom. The molecule has 154 valence electrons. The average molecular weight is 399 g/mol. The van der Waals surface area contributed by atoms with Crippen molar-refractivity contribution in [2.45, 2.75) is 6.54 Å². The number of carbonyl (C=O) groups is 3. The summed E-state index contributed by atoms with van der Waals surface area (Å²) in [5.41, 5.74) is 7.32. The number of nitrogens with zero attached hydrogens (tertiary/aromatic N) is 2. The Balaban J connectivity index is 1.82. The van der Waals surface area contributed by atoms with Crippen molar-refractivity contribution in [1.82, 2.24) is 4.90 Å². The van der Waals surface area contributed by atoms with Gasteiger partial charge in [-0.3, -0.25) is 9.59 Å². The van der Waals surface area contributed by atoms with Gasteiger partial charge in [0.1, 0.15) is 5.75 Å². The van der Waals surface area contributed by atoms with Crippen LogP contribution >= 0.6 is 0 Å². The smallest absolute Gasteiger partial charge is 0.338 e. The first-order valence-corrected chi connectivity index (χ1v) is 8.95. The highest BCUT2D eigenvalue weighted by Gasteiger charge is 2.14. The molecule has 0 fully saturated rings. The molecule has 0 saturated carbocycles. The summed E-state index contributed by atoms with van der Waals surface area (Å²) in [7, 11) is 5.57. The number of carbonyl (C=O) groups excluding carboxylic acids is 3. The summed E-state index contributed by atoms with van der Waals surface area (Å²) in [6.07, 6.45) is 0. The summed E-state index contributed by atoms with van der Waals surface area (Å²) in [6.45, 7) is -0.191. The van der Waals surface area contributed by atoms with Crippen LogP contribution in [0.2, 0.25) is 0 Å². The highest BCUT2D eigenvalue weighted by Crippen LogP contribution is 2.14. The molecule has 0 aliphatic carbocycles. The van der Waals surface area contributed by atoms with Crippen molar-refractivity contribution in [3.05, 3.63) is 59.7 Å². The highest BCUT2D eigenvalue weighted by molar-refractivity contribution is 5.91. The minimum atomic E-state index is -0.622. The van der Waals surface area contributed by atoms with E-state index in [4.69, 9.17) is 15.2 Å². The minimum Gasteiger partial charge on any atom is -0.484 e. The molecular formula is C21H25N3O5. The second-order valence-corrected chi connectivity index (χ2v) is 6.67. The van der Waals surface area contributed by atoms with Crippen LogP contribution in [-0.2, 0) is 20.9 Å². The number of anilines is 1. The maximum atomic E-state index is 12.2. The van der Waals surface area contributed by atoms with Crippen LogP contribution in [-0.4, -0.2) is 57.0 Å². The molecule has 0 aliphatic heterocycles. The summed E-state index contributed by atoms with van der Waals surface area (Å²) >= 11 is 0. The van der Waals surface area contributed by atoms with Gasteiger partial charge in [0.2, 0.25) is 0 Å². The first-order valence-electron chi connectivity index (χ1n) is 8.95. The molecule has 0 aliphatic rings. The summed E-state index contributed by atoms with van der Waals surface area (Å²) in [6, 6.07) is 13.9. The Bertz CT molecular complexity index is 848. The second-order valence-electron chi connectivity index (χ2n) is 6.67. The van der Waals surface area contributed by atoms with E-state index < -0.39 is 11.9 Å². The molecule has 2 aromatic rings. The third-order valence-electron chi connectivity index (χ3n) is 4.10. The number of amides is 2. The van der Waals surface area contributed by atoms with E-state index in [0.29, 0.717) is 12.3 Å². The Kier molecular flexibility index (Phi) is 7.59. The quantitative estimate of drug-likeness (QED) is 0.640. The van der Waals surface area contributed by atoms with E-state index >= 15 is 0 Å². The largest absolute Gasteiger partial charge is 0.484 e. The van der Waals surface area contributed by atoms with Crippen LogP contribution in [0.3, 0.4) is 0 Å². The first-order chi connectivity index (χ1) is 13.8. The number of nitrogens with two attached hydrogens (primary N) is 1. The predicted molar refractivity (Wildman–Crippen MR) is 109 cm³/mol. The number of rotatable bonds is 9. The van der Waals surface area contributed by atoms with Crippen molar-refractivity contribution in [3.63, 3.8) is 0 Å². The van der Waals surface area contributed by atoms with Crippen LogP contribution < -0.4 is 15.4 Å². The van der Waals surface area contributed by atoms with Crippen molar-refractivity contribution < 1.29 is 23.9 Å². The Hall–Kier alpha value is -3.55. The number of primary amides is 1. The normalized spacial score (nSPS) is 10.2. The maximum Gasteiger partial charge on any atom is 0.338 e.